The average molecular weight is 307 g/mol. The van der Waals surface area contributed by atoms with Gasteiger partial charge in [-0.25, -0.2) is 4.39 Å². The minimum atomic E-state index is -0.220. The van der Waals surface area contributed by atoms with Crippen molar-refractivity contribution in [2.75, 3.05) is 32.9 Å². The van der Waals surface area contributed by atoms with E-state index in [2.05, 4.69) is 0 Å². The first-order chi connectivity index (χ1) is 10.7. The Kier molecular flexibility index (Phi) is 5.05. The minimum absolute atomic E-state index is 0.0110. The maximum Gasteiger partial charge on any atom is 0.248 e. The number of hydrogen-bond acceptors (Lipinski definition) is 3. The van der Waals surface area contributed by atoms with Crippen LogP contribution in [0.3, 0.4) is 0 Å². The van der Waals surface area contributed by atoms with Crippen LogP contribution in [0.4, 0.5) is 4.39 Å². The van der Waals surface area contributed by atoms with Gasteiger partial charge >= 0.3 is 0 Å². The minimum Gasteiger partial charge on any atom is -0.376 e. The molecule has 0 bridgehead atoms. The molecule has 22 heavy (non-hydrogen) atoms. The number of ether oxygens (including phenoxy) is 2. The van der Waals surface area contributed by atoms with E-state index in [-0.39, 0.29) is 30.4 Å². The fourth-order valence-electron chi connectivity index (χ4n) is 3.16. The fourth-order valence-corrected chi connectivity index (χ4v) is 3.16. The summed E-state index contributed by atoms with van der Waals surface area (Å²) in [5.41, 5.74) is 0.968. The first-order valence-corrected chi connectivity index (χ1v) is 7.95. The molecule has 5 heteroatoms. The number of rotatable bonds is 5. The Morgan fingerprint density at radius 1 is 1.41 bits per heavy atom. The fraction of sp³-hybridized carbons (Fsp3) is 0.588. The smallest absolute Gasteiger partial charge is 0.248 e. The Morgan fingerprint density at radius 3 is 3.09 bits per heavy atom. The van der Waals surface area contributed by atoms with Crippen molar-refractivity contribution < 1.29 is 18.7 Å². The summed E-state index contributed by atoms with van der Waals surface area (Å²) in [5.74, 6) is 0.0110. The van der Waals surface area contributed by atoms with Crippen LogP contribution in [0.15, 0.2) is 24.3 Å². The number of carbonyl (C=O) groups excluding carboxylic acids is 1. The molecule has 2 fully saturated rings. The number of amides is 1. The molecule has 1 aromatic carbocycles. The van der Waals surface area contributed by atoms with E-state index in [4.69, 9.17) is 9.47 Å². The number of benzene rings is 1. The van der Waals surface area contributed by atoms with E-state index in [0.717, 1.165) is 31.4 Å². The number of hydrogen-bond donors (Lipinski definition) is 0. The Labute approximate surface area is 130 Å². The van der Waals surface area contributed by atoms with Gasteiger partial charge in [0.2, 0.25) is 5.91 Å². The van der Waals surface area contributed by atoms with Gasteiger partial charge in [-0.2, -0.15) is 0 Å². The Bertz CT molecular complexity index is 516. The molecule has 3 rings (SSSR count). The molecule has 1 aromatic rings. The predicted octanol–water partition coefficient (Wildman–Crippen LogP) is 2.34. The third-order valence-electron chi connectivity index (χ3n) is 4.41. The predicted molar refractivity (Wildman–Crippen MR) is 80.1 cm³/mol. The van der Waals surface area contributed by atoms with Crippen molar-refractivity contribution >= 4 is 5.91 Å². The monoisotopic (exact) mass is 307 g/mol. The Hall–Kier alpha value is -1.46. The molecule has 0 saturated carbocycles. The van der Waals surface area contributed by atoms with Crippen LogP contribution in [-0.2, 0) is 14.3 Å². The second-order valence-corrected chi connectivity index (χ2v) is 6.03. The van der Waals surface area contributed by atoms with Gasteiger partial charge < -0.3 is 14.4 Å². The van der Waals surface area contributed by atoms with Crippen LogP contribution in [0.2, 0.25) is 0 Å². The topological polar surface area (TPSA) is 38.8 Å². The summed E-state index contributed by atoms with van der Waals surface area (Å²) in [4.78, 5) is 14.0. The highest BCUT2D eigenvalue weighted by Gasteiger charge is 2.27. The summed E-state index contributed by atoms with van der Waals surface area (Å²) in [6.45, 7) is 2.75. The van der Waals surface area contributed by atoms with Crippen molar-refractivity contribution in [1.29, 1.82) is 0 Å². The summed E-state index contributed by atoms with van der Waals surface area (Å²) in [5, 5.41) is 0. The molecule has 2 saturated heterocycles. The van der Waals surface area contributed by atoms with Gasteiger partial charge in [0.15, 0.2) is 0 Å². The zero-order valence-electron chi connectivity index (χ0n) is 12.7. The molecule has 120 valence electrons. The van der Waals surface area contributed by atoms with Crippen molar-refractivity contribution in [2.24, 2.45) is 0 Å². The molecule has 0 spiro atoms. The van der Waals surface area contributed by atoms with Crippen LogP contribution in [0, 0.1) is 5.82 Å². The number of carbonyl (C=O) groups is 1. The van der Waals surface area contributed by atoms with E-state index >= 15 is 0 Å². The lowest BCUT2D eigenvalue weighted by Gasteiger charge is -2.17. The number of likely N-dealkylation sites (tertiary alicyclic amines) is 1. The second-order valence-electron chi connectivity index (χ2n) is 6.03. The van der Waals surface area contributed by atoms with E-state index in [1.54, 1.807) is 12.1 Å². The molecule has 4 nitrogen and oxygen atoms in total. The summed E-state index contributed by atoms with van der Waals surface area (Å²) in [7, 11) is 0. The van der Waals surface area contributed by atoms with Gasteiger partial charge in [-0.05, 0) is 37.0 Å². The van der Waals surface area contributed by atoms with E-state index in [1.165, 1.54) is 6.07 Å². The summed E-state index contributed by atoms with van der Waals surface area (Å²) >= 11 is 0. The first kappa shape index (κ1) is 15.4. The van der Waals surface area contributed by atoms with E-state index in [1.807, 2.05) is 11.0 Å². The summed E-state index contributed by atoms with van der Waals surface area (Å²) in [6.07, 6.45) is 3.11. The maximum absolute atomic E-state index is 13.3. The lowest BCUT2D eigenvalue weighted by atomic mass is 9.98. The quantitative estimate of drug-likeness (QED) is 0.838. The normalized spacial score (nSPS) is 24.9. The molecular formula is C17H22FNO3. The van der Waals surface area contributed by atoms with Crippen LogP contribution in [0.1, 0.15) is 30.7 Å². The third-order valence-corrected chi connectivity index (χ3v) is 4.41. The molecule has 0 aliphatic carbocycles. The molecular weight excluding hydrogens is 285 g/mol. The van der Waals surface area contributed by atoms with Crippen LogP contribution in [0.5, 0.6) is 0 Å². The van der Waals surface area contributed by atoms with Gasteiger partial charge in [-0.3, -0.25) is 4.79 Å². The first-order valence-electron chi connectivity index (χ1n) is 7.95. The van der Waals surface area contributed by atoms with Gasteiger partial charge in [-0.15, -0.1) is 0 Å². The molecule has 0 aromatic heterocycles. The van der Waals surface area contributed by atoms with Crippen molar-refractivity contribution in [2.45, 2.75) is 31.3 Å². The van der Waals surface area contributed by atoms with Gasteiger partial charge in [-0.1, -0.05) is 12.1 Å². The molecule has 2 aliphatic rings. The molecule has 0 radical (unpaired) electrons. The second kappa shape index (κ2) is 7.20. The highest BCUT2D eigenvalue weighted by molar-refractivity contribution is 5.77. The van der Waals surface area contributed by atoms with Crippen molar-refractivity contribution in [3.8, 4) is 0 Å². The Balaban J connectivity index is 1.44. The molecule has 1 amide bonds. The van der Waals surface area contributed by atoms with Crippen LogP contribution < -0.4 is 0 Å². The van der Waals surface area contributed by atoms with Crippen molar-refractivity contribution in [3.05, 3.63) is 35.6 Å². The molecule has 0 unspecified atom stereocenters. The standard InChI is InChI=1S/C17H22FNO3/c18-15-4-1-3-13(9-15)14-6-7-19(10-14)17(20)12-21-11-16-5-2-8-22-16/h1,3-4,9,14,16H,2,5-8,10-12H2/t14-,16+/m1/s1. The van der Waals surface area contributed by atoms with E-state index < -0.39 is 0 Å². The van der Waals surface area contributed by atoms with Gasteiger partial charge in [0.25, 0.3) is 0 Å². The lowest BCUT2D eigenvalue weighted by molar-refractivity contribution is -0.136. The van der Waals surface area contributed by atoms with Gasteiger partial charge in [0.1, 0.15) is 12.4 Å². The zero-order valence-corrected chi connectivity index (χ0v) is 12.7. The van der Waals surface area contributed by atoms with Crippen molar-refractivity contribution in [3.63, 3.8) is 0 Å². The van der Waals surface area contributed by atoms with Gasteiger partial charge in [0, 0.05) is 25.6 Å². The average Bonchev–Trinajstić information content (AvgIpc) is 3.19. The highest BCUT2D eigenvalue weighted by Crippen LogP contribution is 2.27. The lowest BCUT2D eigenvalue weighted by Crippen LogP contribution is -2.32. The number of nitrogens with zero attached hydrogens (tertiary/aromatic N) is 1. The molecule has 2 heterocycles. The highest BCUT2D eigenvalue weighted by atomic mass is 19.1. The molecule has 0 N–H and O–H groups in total. The third kappa shape index (κ3) is 3.84. The maximum atomic E-state index is 13.3. The zero-order chi connectivity index (χ0) is 15.4. The summed E-state index contributed by atoms with van der Waals surface area (Å²) in [6, 6.07) is 6.66. The van der Waals surface area contributed by atoms with Crippen LogP contribution >= 0.6 is 0 Å². The van der Waals surface area contributed by atoms with Crippen LogP contribution in [-0.4, -0.2) is 49.8 Å². The van der Waals surface area contributed by atoms with E-state index in [0.29, 0.717) is 19.7 Å². The molecule has 2 atom stereocenters. The van der Waals surface area contributed by atoms with Gasteiger partial charge in [0.05, 0.1) is 12.7 Å². The van der Waals surface area contributed by atoms with Crippen LogP contribution in [0.25, 0.3) is 0 Å². The Morgan fingerprint density at radius 2 is 2.32 bits per heavy atom. The molecule has 2 aliphatic heterocycles. The number of halogens is 1. The summed E-state index contributed by atoms with van der Waals surface area (Å²) < 4.78 is 24.2. The SMILES string of the molecule is O=C(COC[C@@H]1CCCO1)N1CC[C@@H](c2cccc(F)c2)C1. The van der Waals surface area contributed by atoms with Crippen molar-refractivity contribution in [1.82, 2.24) is 4.90 Å². The van der Waals surface area contributed by atoms with E-state index in [9.17, 15) is 9.18 Å². The largest absolute Gasteiger partial charge is 0.376 e.